The van der Waals surface area contributed by atoms with Crippen molar-refractivity contribution >= 4 is 23.2 Å². The number of nitrogens with zero attached hydrogens (tertiary/aromatic N) is 2. The van der Waals surface area contributed by atoms with E-state index in [-0.39, 0.29) is 11.8 Å². The zero-order valence-electron chi connectivity index (χ0n) is 12.0. The first-order chi connectivity index (χ1) is 11.0. The number of anilines is 1. The Balaban J connectivity index is 1.79. The average Bonchev–Trinajstić information content (AvgIpc) is 3.01. The molecule has 0 aliphatic carbocycles. The molecule has 0 bridgehead atoms. The van der Waals surface area contributed by atoms with Gasteiger partial charge in [0.2, 0.25) is 5.89 Å². The maximum Gasteiger partial charge on any atom is 0.313 e. The molecule has 0 spiro atoms. The summed E-state index contributed by atoms with van der Waals surface area (Å²) in [6.45, 7) is 1.86. The minimum atomic E-state index is -0.569. The third-order valence-corrected chi connectivity index (χ3v) is 3.53. The number of aromatic nitrogens is 2. The van der Waals surface area contributed by atoms with Gasteiger partial charge in [-0.1, -0.05) is 23.7 Å². The summed E-state index contributed by atoms with van der Waals surface area (Å²) in [4.78, 5) is 12.1. The van der Waals surface area contributed by atoms with Gasteiger partial charge in [-0.25, -0.2) is 4.39 Å². The predicted octanol–water partition coefficient (Wildman–Crippen LogP) is 4.09. The zero-order valence-corrected chi connectivity index (χ0v) is 12.8. The van der Waals surface area contributed by atoms with Gasteiger partial charge in [-0.05, 0) is 42.8 Å². The van der Waals surface area contributed by atoms with Gasteiger partial charge in [0.25, 0.3) is 0 Å². The van der Waals surface area contributed by atoms with Gasteiger partial charge >= 0.3 is 11.8 Å². The Labute approximate surface area is 136 Å². The van der Waals surface area contributed by atoms with Gasteiger partial charge in [0, 0.05) is 16.3 Å². The van der Waals surface area contributed by atoms with Crippen molar-refractivity contribution in [2.75, 3.05) is 5.32 Å². The highest BCUT2D eigenvalue weighted by molar-refractivity contribution is 6.31. The van der Waals surface area contributed by atoms with E-state index in [2.05, 4.69) is 15.5 Å². The van der Waals surface area contributed by atoms with Gasteiger partial charge in [-0.3, -0.25) is 4.79 Å². The highest BCUT2D eigenvalue weighted by atomic mass is 35.5. The Morgan fingerprint density at radius 2 is 2.04 bits per heavy atom. The van der Waals surface area contributed by atoms with Gasteiger partial charge in [-0.2, -0.15) is 0 Å². The Bertz CT molecular complexity index is 879. The number of carbonyl (C=O) groups excluding carboxylic acids is 1. The van der Waals surface area contributed by atoms with Crippen molar-refractivity contribution in [2.24, 2.45) is 0 Å². The summed E-state index contributed by atoms with van der Waals surface area (Å²) < 4.78 is 18.5. The van der Waals surface area contributed by atoms with E-state index in [9.17, 15) is 9.18 Å². The van der Waals surface area contributed by atoms with Crippen LogP contribution in [0.2, 0.25) is 5.02 Å². The van der Waals surface area contributed by atoms with Gasteiger partial charge < -0.3 is 9.73 Å². The van der Waals surface area contributed by atoms with Crippen molar-refractivity contribution in [2.45, 2.75) is 6.92 Å². The van der Waals surface area contributed by atoms with E-state index in [0.29, 0.717) is 16.3 Å². The summed E-state index contributed by atoms with van der Waals surface area (Å²) in [5.74, 6) is -1.15. The molecule has 0 unspecified atom stereocenters. The molecule has 5 nitrogen and oxygen atoms in total. The van der Waals surface area contributed by atoms with E-state index in [4.69, 9.17) is 16.0 Å². The summed E-state index contributed by atoms with van der Waals surface area (Å²) >= 11 is 6.00. The lowest BCUT2D eigenvalue weighted by molar-refractivity contribution is 0.0991. The van der Waals surface area contributed by atoms with E-state index >= 15 is 0 Å². The lowest BCUT2D eigenvalue weighted by Crippen LogP contribution is -2.12. The topological polar surface area (TPSA) is 68.0 Å². The zero-order chi connectivity index (χ0) is 16.4. The van der Waals surface area contributed by atoms with Crippen LogP contribution >= 0.6 is 11.6 Å². The first kappa shape index (κ1) is 15.2. The van der Waals surface area contributed by atoms with Crippen LogP contribution in [-0.4, -0.2) is 16.1 Å². The number of hydrogen-bond acceptors (Lipinski definition) is 4. The van der Waals surface area contributed by atoms with Gasteiger partial charge in [0.1, 0.15) is 5.82 Å². The lowest BCUT2D eigenvalue weighted by Gasteiger charge is -2.04. The summed E-state index contributed by atoms with van der Waals surface area (Å²) in [6.07, 6.45) is 0. The van der Waals surface area contributed by atoms with Crippen LogP contribution in [0.4, 0.5) is 10.1 Å². The molecule has 1 N–H and O–H groups in total. The molecule has 1 aromatic heterocycles. The summed E-state index contributed by atoms with van der Waals surface area (Å²) in [6, 6.07) is 10.8. The number of rotatable bonds is 3. The Kier molecular flexibility index (Phi) is 4.08. The van der Waals surface area contributed by atoms with Gasteiger partial charge in [0.15, 0.2) is 0 Å². The minimum absolute atomic E-state index is 0.0663. The van der Waals surface area contributed by atoms with Crippen molar-refractivity contribution in [3.05, 3.63) is 64.8 Å². The molecule has 7 heteroatoms. The van der Waals surface area contributed by atoms with E-state index in [0.717, 1.165) is 5.56 Å². The van der Waals surface area contributed by atoms with Crippen molar-refractivity contribution in [3.63, 3.8) is 0 Å². The maximum absolute atomic E-state index is 13.2. The largest absolute Gasteiger partial charge is 0.412 e. The molecule has 0 aliphatic rings. The number of amides is 1. The second-order valence-corrected chi connectivity index (χ2v) is 5.25. The normalized spacial score (nSPS) is 10.6. The molecule has 0 fully saturated rings. The van der Waals surface area contributed by atoms with Gasteiger partial charge in [-0.15, -0.1) is 10.2 Å². The Hall–Kier alpha value is -2.73. The van der Waals surface area contributed by atoms with Crippen LogP contribution in [0.1, 0.15) is 16.2 Å². The highest BCUT2D eigenvalue weighted by Gasteiger charge is 2.16. The third-order valence-electron chi connectivity index (χ3n) is 3.12. The second-order valence-electron chi connectivity index (χ2n) is 4.84. The molecule has 1 heterocycles. The van der Waals surface area contributed by atoms with Gasteiger partial charge in [0.05, 0.1) is 0 Å². The standard InChI is InChI=1S/C16H11ClFN3O2/c1-9-5-6-12(8-13(9)17)19-14(22)16-21-20-15(23-16)10-3-2-4-11(18)7-10/h2-8H,1H3,(H,19,22). The molecule has 0 radical (unpaired) electrons. The number of aryl methyl sites for hydroxylation is 1. The van der Waals surface area contributed by atoms with Crippen LogP contribution in [0.25, 0.3) is 11.5 Å². The molecule has 2 aromatic carbocycles. The molecule has 3 rings (SSSR count). The Morgan fingerprint density at radius 3 is 2.78 bits per heavy atom. The summed E-state index contributed by atoms with van der Waals surface area (Å²) in [7, 11) is 0. The highest BCUT2D eigenvalue weighted by Crippen LogP contribution is 2.22. The first-order valence-electron chi connectivity index (χ1n) is 6.70. The predicted molar refractivity (Wildman–Crippen MR) is 83.8 cm³/mol. The van der Waals surface area contributed by atoms with Crippen LogP contribution in [-0.2, 0) is 0 Å². The molecule has 0 atom stereocenters. The van der Waals surface area contributed by atoms with Crippen molar-refractivity contribution < 1.29 is 13.6 Å². The number of benzene rings is 2. The molecular weight excluding hydrogens is 321 g/mol. The molecule has 0 aliphatic heterocycles. The quantitative estimate of drug-likeness (QED) is 0.785. The fraction of sp³-hybridized carbons (Fsp3) is 0.0625. The Morgan fingerprint density at radius 1 is 1.22 bits per heavy atom. The molecule has 1 amide bonds. The average molecular weight is 332 g/mol. The minimum Gasteiger partial charge on any atom is -0.412 e. The van der Waals surface area contributed by atoms with Crippen LogP contribution in [0.5, 0.6) is 0 Å². The summed E-state index contributed by atoms with van der Waals surface area (Å²) in [5, 5.41) is 10.6. The number of hydrogen-bond donors (Lipinski definition) is 1. The van der Waals surface area contributed by atoms with Crippen molar-refractivity contribution in [3.8, 4) is 11.5 Å². The van der Waals surface area contributed by atoms with E-state index in [1.165, 1.54) is 18.2 Å². The molecule has 23 heavy (non-hydrogen) atoms. The SMILES string of the molecule is Cc1ccc(NC(=O)c2nnc(-c3cccc(F)c3)o2)cc1Cl. The summed E-state index contributed by atoms with van der Waals surface area (Å²) in [5.41, 5.74) is 1.81. The number of halogens is 2. The number of carbonyl (C=O) groups is 1. The molecule has 0 saturated carbocycles. The second kappa shape index (κ2) is 6.18. The lowest BCUT2D eigenvalue weighted by atomic mass is 10.2. The van der Waals surface area contributed by atoms with Crippen LogP contribution in [0.15, 0.2) is 46.9 Å². The maximum atomic E-state index is 13.2. The number of nitrogens with one attached hydrogen (secondary N) is 1. The first-order valence-corrected chi connectivity index (χ1v) is 7.07. The smallest absolute Gasteiger partial charge is 0.313 e. The van der Waals surface area contributed by atoms with Crippen molar-refractivity contribution in [1.82, 2.24) is 10.2 Å². The molecule has 116 valence electrons. The fourth-order valence-corrected chi connectivity index (χ4v) is 2.09. The third kappa shape index (κ3) is 3.37. The monoisotopic (exact) mass is 331 g/mol. The van der Waals surface area contributed by atoms with Crippen LogP contribution < -0.4 is 5.32 Å². The van der Waals surface area contributed by atoms with E-state index in [1.807, 2.05) is 6.92 Å². The molecule has 3 aromatic rings. The van der Waals surface area contributed by atoms with E-state index in [1.54, 1.807) is 24.3 Å². The van der Waals surface area contributed by atoms with Crippen LogP contribution in [0, 0.1) is 12.7 Å². The fourth-order valence-electron chi connectivity index (χ4n) is 1.91. The van der Waals surface area contributed by atoms with Crippen LogP contribution in [0.3, 0.4) is 0 Å². The molecular formula is C16H11ClFN3O2. The van der Waals surface area contributed by atoms with Crippen molar-refractivity contribution in [1.29, 1.82) is 0 Å². The molecule has 0 saturated heterocycles. The van der Waals surface area contributed by atoms with E-state index < -0.39 is 11.7 Å².